The van der Waals surface area contributed by atoms with Gasteiger partial charge in [-0.25, -0.2) is 9.37 Å². The first-order chi connectivity index (χ1) is 9.08. The molecule has 3 nitrogen and oxygen atoms in total. The Morgan fingerprint density at radius 1 is 1.37 bits per heavy atom. The molecule has 0 unspecified atom stereocenters. The minimum absolute atomic E-state index is 0.286. The molecule has 0 aliphatic rings. The number of hydrogen-bond acceptors (Lipinski definition) is 2. The van der Waals surface area contributed by atoms with Crippen LogP contribution in [0.3, 0.4) is 0 Å². The molecule has 0 radical (unpaired) electrons. The third-order valence-corrected chi connectivity index (χ3v) is 3.65. The van der Waals surface area contributed by atoms with E-state index in [2.05, 4.69) is 34.8 Å². The monoisotopic (exact) mass is 325 g/mol. The fraction of sp³-hybridized carbons (Fsp3) is 0.357. The van der Waals surface area contributed by atoms with Gasteiger partial charge < -0.3 is 10.3 Å². The van der Waals surface area contributed by atoms with Crippen LogP contribution >= 0.6 is 15.9 Å². The number of imidazole rings is 1. The Balaban J connectivity index is 2.52. The molecule has 0 spiro atoms. The lowest BCUT2D eigenvalue weighted by atomic mass is 10.1. The van der Waals surface area contributed by atoms with Crippen molar-refractivity contribution in [1.29, 1.82) is 0 Å². The summed E-state index contributed by atoms with van der Waals surface area (Å²) < 4.78 is 15.7. The van der Waals surface area contributed by atoms with Crippen molar-refractivity contribution in [2.75, 3.05) is 5.73 Å². The zero-order valence-corrected chi connectivity index (χ0v) is 12.7. The molecule has 0 saturated heterocycles. The molecule has 0 fully saturated rings. The molecule has 1 aromatic carbocycles. The summed E-state index contributed by atoms with van der Waals surface area (Å²) in [6.45, 7) is 5.01. The Labute approximate surface area is 120 Å². The smallest absolute Gasteiger partial charge is 0.137 e. The molecule has 0 atom stereocenters. The van der Waals surface area contributed by atoms with Gasteiger partial charge in [-0.1, -0.05) is 13.8 Å². The second-order valence-electron chi connectivity index (χ2n) is 4.40. The van der Waals surface area contributed by atoms with Crippen molar-refractivity contribution < 1.29 is 4.39 Å². The molecular weight excluding hydrogens is 309 g/mol. The summed E-state index contributed by atoms with van der Waals surface area (Å²) in [5.74, 6) is 1.33. The van der Waals surface area contributed by atoms with Gasteiger partial charge in [0.05, 0.1) is 4.47 Å². The number of halogens is 2. The molecule has 0 amide bonds. The molecule has 2 aromatic rings. The zero-order chi connectivity index (χ0) is 14.0. The molecule has 0 bridgehead atoms. The van der Waals surface area contributed by atoms with Gasteiger partial charge in [0.1, 0.15) is 23.2 Å². The van der Waals surface area contributed by atoms with Gasteiger partial charge in [0, 0.05) is 18.5 Å². The van der Waals surface area contributed by atoms with Crippen LogP contribution in [0.15, 0.2) is 22.7 Å². The van der Waals surface area contributed by atoms with E-state index in [4.69, 9.17) is 5.73 Å². The van der Waals surface area contributed by atoms with Crippen molar-refractivity contribution in [3.8, 4) is 11.3 Å². The maximum absolute atomic E-state index is 13.3. The van der Waals surface area contributed by atoms with Crippen molar-refractivity contribution in [1.82, 2.24) is 9.55 Å². The van der Waals surface area contributed by atoms with Gasteiger partial charge in [-0.3, -0.25) is 0 Å². The van der Waals surface area contributed by atoms with Gasteiger partial charge in [0.25, 0.3) is 0 Å². The molecule has 5 heteroatoms. The van der Waals surface area contributed by atoms with Crippen molar-refractivity contribution in [2.24, 2.45) is 0 Å². The average Bonchev–Trinajstić information content (AvgIpc) is 2.71. The predicted octanol–water partition coefficient (Wildman–Crippen LogP) is 4.01. The van der Waals surface area contributed by atoms with Gasteiger partial charge in [-0.15, -0.1) is 0 Å². The van der Waals surface area contributed by atoms with E-state index in [1.165, 1.54) is 6.07 Å². The highest BCUT2D eigenvalue weighted by atomic mass is 79.9. The Hall–Kier alpha value is -1.36. The van der Waals surface area contributed by atoms with Crippen LogP contribution in [0.5, 0.6) is 0 Å². The van der Waals surface area contributed by atoms with Crippen LogP contribution in [0, 0.1) is 5.82 Å². The average molecular weight is 326 g/mol. The molecule has 0 saturated carbocycles. The first-order valence-electron chi connectivity index (χ1n) is 6.38. The van der Waals surface area contributed by atoms with E-state index in [-0.39, 0.29) is 5.82 Å². The van der Waals surface area contributed by atoms with Crippen molar-refractivity contribution >= 4 is 21.7 Å². The Kier molecular flexibility index (Phi) is 4.24. The van der Waals surface area contributed by atoms with Crippen LogP contribution in [-0.4, -0.2) is 9.55 Å². The largest absolute Gasteiger partial charge is 0.383 e. The highest BCUT2D eigenvalue weighted by Crippen LogP contribution is 2.30. The number of anilines is 1. The van der Waals surface area contributed by atoms with E-state index in [9.17, 15) is 4.39 Å². The fourth-order valence-corrected chi connectivity index (χ4v) is 2.49. The van der Waals surface area contributed by atoms with E-state index in [1.54, 1.807) is 12.1 Å². The number of nitrogens with two attached hydrogens (primary N) is 1. The maximum Gasteiger partial charge on any atom is 0.137 e. The number of benzene rings is 1. The number of aryl methyl sites for hydroxylation is 1. The summed E-state index contributed by atoms with van der Waals surface area (Å²) >= 11 is 3.19. The van der Waals surface area contributed by atoms with E-state index >= 15 is 0 Å². The summed E-state index contributed by atoms with van der Waals surface area (Å²) in [4.78, 5) is 4.58. The molecule has 1 aromatic heterocycles. The van der Waals surface area contributed by atoms with Crippen molar-refractivity contribution in [3.63, 3.8) is 0 Å². The Bertz CT molecular complexity index is 593. The van der Waals surface area contributed by atoms with Crippen molar-refractivity contribution in [3.05, 3.63) is 34.3 Å². The van der Waals surface area contributed by atoms with E-state index in [1.807, 2.05) is 4.57 Å². The third kappa shape index (κ3) is 2.66. The third-order valence-electron chi connectivity index (χ3n) is 3.04. The SMILES string of the molecule is CCCn1c(CC)nc(-c2ccc(F)c(Br)c2)c1N. The van der Waals surface area contributed by atoms with E-state index < -0.39 is 0 Å². The van der Waals surface area contributed by atoms with Crippen molar-refractivity contribution in [2.45, 2.75) is 33.2 Å². The summed E-state index contributed by atoms with van der Waals surface area (Å²) in [5.41, 5.74) is 7.73. The second-order valence-corrected chi connectivity index (χ2v) is 5.25. The van der Waals surface area contributed by atoms with Gasteiger partial charge in [0.15, 0.2) is 0 Å². The van der Waals surface area contributed by atoms with Crippen LogP contribution in [0.25, 0.3) is 11.3 Å². The summed E-state index contributed by atoms with van der Waals surface area (Å²) in [7, 11) is 0. The first-order valence-corrected chi connectivity index (χ1v) is 7.18. The van der Waals surface area contributed by atoms with Gasteiger partial charge in [-0.2, -0.15) is 0 Å². The minimum atomic E-state index is -0.286. The number of nitrogens with zero attached hydrogens (tertiary/aromatic N) is 2. The number of rotatable bonds is 4. The normalized spacial score (nSPS) is 10.9. The zero-order valence-electron chi connectivity index (χ0n) is 11.1. The molecule has 0 aliphatic carbocycles. The number of hydrogen-bond donors (Lipinski definition) is 1. The van der Waals surface area contributed by atoms with Crippen LogP contribution in [0.2, 0.25) is 0 Å². The lowest BCUT2D eigenvalue weighted by Gasteiger charge is -2.06. The standard InChI is InChI=1S/C14H17BrFN3/c1-3-7-19-12(4-2)18-13(14(19)17)9-5-6-11(16)10(15)8-9/h5-6,8H,3-4,7,17H2,1-2H3. The topological polar surface area (TPSA) is 43.8 Å². The Morgan fingerprint density at radius 3 is 2.68 bits per heavy atom. The summed E-state index contributed by atoms with van der Waals surface area (Å²) in [5, 5.41) is 0. The fourth-order valence-electron chi connectivity index (χ4n) is 2.11. The second kappa shape index (κ2) is 5.74. The molecule has 19 heavy (non-hydrogen) atoms. The maximum atomic E-state index is 13.3. The summed E-state index contributed by atoms with van der Waals surface area (Å²) in [6, 6.07) is 4.83. The first kappa shape index (κ1) is 14.1. The Morgan fingerprint density at radius 2 is 2.11 bits per heavy atom. The summed E-state index contributed by atoms with van der Waals surface area (Å²) in [6.07, 6.45) is 1.83. The molecule has 1 heterocycles. The van der Waals surface area contributed by atoms with Crippen LogP contribution in [0.1, 0.15) is 26.1 Å². The van der Waals surface area contributed by atoms with E-state index in [0.29, 0.717) is 10.3 Å². The molecule has 2 N–H and O–H groups in total. The number of aromatic nitrogens is 2. The minimum Gasteiger partial charge on any atom is -0.383 e. The van der Waals surface area contributed by atoms with E-state index in [0.717, 1.165) is 36.5 Å². The van der Waals surface area contributed by atoms with Crippen LogP contribution < -0.4 is 5.73 Å². The lowest BCUT2D eigenvalue weighted by Crippen LogP contribution is -2.06. The van der Waals surface area contributed by atoms with Crippen LogP contribution in [0.4, 0.5) is 10.2 Å². The van der Waals surface area contributed by atoms with Gasteiger partial charge in [0.2, 0.25) is 0 Å². The quantitative estimate of drug-likeness (QED) is 0.923. The number of nitrogen functional groups attached to an aromatic ring is 1. The molecular formula is C14H17BrFN3. The highest BCUT2D eigenvalue weighted by Gasteiger charge is 2.15. The predicted molar refractivity (Wildman–Crippen MR) is 79.4 cm³/mol. The highest BCUT2D eigenvalue weighted by molar-refractivity contribution is 9.10. The molecule has 102 valence electrons. The van der Waals surface area contributed by atoms with Gasteiger partial charge >= 0.3 is 0 Å². The molecule has 0 aliphatic heterocycles. The van der Waals surface area contributed by atoms with Gasteiger partial charge in [-0.05, 0) is 40.5 Å². The molecule has 2 rings (SSSR count). The lowest BCUT2D eigenvalue weighted by molar-refractivity contribution is 0.621. The van der Waals surface area contributed by atoms with Crippen LogP contribution in [-0.2, 0) is 13.0 Å².